The SMILES string of the molecule is CC12CC3CC(C1)CC(C(=O)Nc1cccc(Cl)n1)(C3)C2. The Hall–Kier alpha value is -1.09. The number of carbonyl (C=O) groups is 1. The maximum absolute atomic E-state index is 12.9. The zero-order valence-corrected chi connectivity index (χ0v) is 13.1. The second-order valence-corrected chi connectivity index (χ2v) is 8.24. The minimum atomic E-state index is -0.164. The monoisotopic (exact) mass is 304 g/mol. The van der Waals surface area contributed by atoms with Crippen molar-refractivity contribution in [2.75, 3.05) is 5.32 Å². The number of hydrogen-bond acceptors (Lipinski definition) is 2. The molecular weight excluding hydrogens is 284 g/mol. The lowest BCUT2D eigenvalue weighted by Gasteiger charge is -2.60. The number of anilines is 1. The van der Waals surface area contributed by atoms with Crippen LogP contribution in [0.5, 0.6) is 0 Å². The van der Waals surface area contributed by atoms with Gasteiger partial charge >= 0.3 is 0 Å². The summed E-state index contributed by atoms with van der Waals surface area (Å²) in [4.78, 5) is 17.1. The van der Waals surface area contributed by atoms with Gasteiger partial charge in [-0.2, -0.15) is 0 Å². The van der Waals surface area contributed by atoms with E-state index in [1.54, 1.807) is 6.07 Å². The Bertz CT molecular complexity index is 586. The van der Waals surface area contributed by atoms with E-state index >= 15 is 0 Å². The Balaban J connectivity index is 1.59. The third-order valence-electron chi connectivity index (χ3n) is 5.79. The minimum absolute atomic E-state index is 0.164. The predicted molar refractivity (Wildman–Crippen MR) is 83.1 cm³/mol. The van der Waals surface area contributed by atoms with Crippen molar-refractivity contribution in [3.8, 4) is 0 Å². The topological polar surface area (TPSA) is 42.0 Å². The normalized spacial score (nSPS) is 40.3. The first kappa shape index (κ1) is 13.6. The van der Waals surface area contributed by atoms with Crippen molar-refractivity contribution in [3.05, 3.63) is 23.4 Å². The zero-order valence-electron chi connectivity index (χ0n) is 12.4. The number of pyridine rings is 1. The first-order chi connectivity index (χ1) is 9.96. The van der Waals surface area contributed by atoms with Crippen molar-refractivity contribution in [2.45, 2.75) is 45.4 Å². The van der Waals surface area contributed by atoms with Crippen molar-refractivity contribution in [1.29, 1.82) is 0 Å². The lowest BCUT2D eigenvalue weighted by Crippen LogP contribution is -2.55. The van der Waals surface area contributed by atoms with Gasteiger partial charge in [0.1, 0.15) is 11.0 Å². The van der Waals surface area contributed by atoms with Crippen molar-refractivity contribution in [3.63, 3.8) is 0 Å². The van der Waals surface area contributed by atoms with Gasteiger partial charge in [0.15, 0.2) is 0 Å². The van der Waals surface area contributed by atoms with Crippen molar-refractivity contribution < 1.29 is 4.79 Å². The molecule has 1 N–H and O–H groups in total. The van der Waals surface area contributed by atoms with E-state index in [0.717, 1.165) is 31.1 Å². The number of amides is 1. The molecule has 4 heteroatoms. The summed E-state index contributed by atoms with van der Waals surface area (Å²) in [6.45, 7) is 2.38. The molecule has 1 aromatic heterocycles. The van der Waals surface area contributed by atoms with Crippen LogP contribution in [0, 0.1) is 22.7 Å². The van der Waals surface area contributed by atoms with Crippen LogP contribution < -0.4 is 5.32 Å². The van der Waals surface area contributed by atoms with E-state index in [0.29, 0.717) is 16.4 Å². The average Bonchev–Trinajstić information content (AvgIpc) is 2.35. The minimum Gasteiger partial charge on any atom is -0.310 e. The van der Waals surface area contributed by atoms with Crippen LogP contribution in [0.2, 0.25) is 5.15 Å². The van der Waals surface area contributed by atoms with Gasteiger partial charge < -0.3 is 5.32 Å². The second-order valence-electron chi connectivity index (χ2n) is 7.85. The van der Waals surface area contributed by atoms with Crippen LogP contribution in [0.15, 0.2) is 18.2 Å². The highest BCUT2D eigenvalue weighted by Gasteiger charge is 2.58. The Labute approximate surface area is 130 Å². The van der Waals surface area contributed by atoms with Crippen molar-refractivity contribution in [1.82, 2.24) is 4.98 Å². The highest BCUT2D eigenvalue weighted by atomic mass is 35.5. The van der Waals surface area contributed by atoms with Gasteiger partial charge in [-0.15, -0.1) is 0 Å². The fraction of sp³-hybridized carbons (Fsp3) is 0.647. The predicted octanol–water partition coefficient (Wildman–Crippen LogP) is 4.28. The molecule has 5 rings (SSSR count). The Kier molecular flexibility index (Phi) is 2.88. The van der Waals surface area contributed by atoms with E-state index in [4.69, 9.17) is 11.6 Å². The lowest BCUT2D eigenvalue weighted by atomic mass is 9.44. The summed E-state index contributed by atoms with van der Waals surface area (Å²) in [5.41, 5.74) is 0.214. The average molecular weight is 305 g/mol. The summed E-state index contributed by atoms with van der Waals surface area (Å²) in [5.74, 6) is 2.23. The quantitative estimate of drug-likeness (QED) is 0.829. The molecule has 2 atom stereocenters. The summed E-state index contributed by atoms with van der Waals surface area (Å²) < 4.78 is 0. The van der Waals surface area contributed by atoms with Gasteiger partial charge in [-0.3, -0.25) is 4.79 Å². The Morgan fingerprint density at radius 1 is 1.29 bits per heavy atom. The lowest BCUT2D eigenvalue weighted by molar-refractivity contribution is -0.149. The number of hydrogen-bond donors (Lipinski definition) is 1. The van der Waals surface area contributed by atoms with Gasteiger partial charge in [0.2, 0.25) is 5.91 Å². The largest absolute Gasteiger partial charge is 0.310 e. The molecular formula is C17H21ClN2O. The molecule has 1 aromatic rings. The standard InChI is InChI=1S/C17H21ClN2O/c1-16-6-11-5-12(7-16)9-17(8-11,10-16)15(21)20-14-4-2-3-13(18)19-14/h2-4,11-12H,5-10H2,1H3,(H,19,20,21). The molecule has 0 spiro atoms. The van der Waals surface area contributed by atoms with Gasteiger partial charge in [0, 0.05) is 0 Å². The molecule has 0 aliphatic heterocycles. The van der Waals surface area contributed by atoms with Gasteiger partial charge in [0.25, 0.3) is 0 Å². The molecule has 21 heavy (non-hydrogen) atoms. The highest BCUT2D eigenvalue weighted by molar-refractivity contribution is 6.29. The highest BCUT2D eigenvalue weighted by Crippen LogP contribution is 2.65. The van der Waals surface area contributed by atoms with Crippen molar-refractivity contribution in [2.24, 2.45) is 22.7 Å². The second kappa shape index (κ2) is 4.45. The van der Waals surface area contributed by atoms with Gasteiger partial charge in [-0.05, 0) is 67.9 Å². The maximum atomic E-state index is 12.9. The summed E-state index contributed by atoms with van der Waals surface area (Å²) in [6.07, 6.45) is 7.12. The van der Waals surface area contributed by atoms with E-state index in [9.17, 15) is 4.79 Å². The molecule has 1 heterocycles. The van der Waals surface area contributed by atoms with E-state index < -0.39 is 0 Å². The van der Waals surface area contributed by atoms with E-state index in [1.807, 2.05) is 12.1 Å². The molecule has 4 saturated carbocycles. The summed E-state index contributed by atoms with van der Waals surface area (Å²) in [5, 5.41) is 3.44. The maximum Gasteiger partial charge on any atom is 0.231 e. The molecule has 112 valence electrons. The van der Waals surface area contributed by atoms with Crippen LogP contribution in [0.1, 0.15) is 45.4 Å². The fourth-order valence-electron chi connectivity index (χ4n) is 5.71. The van der Waals surface area contributed by atoms with Crippen LogP contribution >= 0.6 is 11.6 Å². The molecule has 4 aliphatic carbocycles. The van der Waals surface area contributed by atoms with Crippen LogP contribution in [0.4, 0.5) is 5.82 Å². The molecule has 0 radical (unpaired) electrons. The Morgan fingerprint density at radius 3 is 2.62 bits per heavy atom. The first-order valence-electron chi connectivity index (χ1n) is 7.91. The molecule has 4 fully saturated rings. The van der Waals surface area contributed by atoms with Crippen LogP contribution in [0.3, 0.4) is 0 Å². The Morgan fingerprint density at radius 2 is 2.00 bits per heavy atom. The first-order valence-corrected chi connectivity index (χ1v) is 8.28. The third-order valence-corrected chi connectivity index (χ3v) is 6.00. The molecule has 0 saturated heterocycles. The molecule has 2 unspecified atom stereocenters. The number of carbonyl (C=O) groups excluding carboxylic acids is 1. The van der Waals surface area contributed by atoms with Crippen LogP contribution in [0.25, 0.3) is 0 Å². The van der Waals surface area contributed by atoms with Crippen molar-refractivity contribution >= 4 is 23.3 Å². The van der Waals surface area contributed by atoms with Gasteiger partial charge in [0.05, 0.1) is 5.41 Å². The molecule has 4 aliphatic rings. The number of halogens is 1. The molecule has 1 amide bonds. The third kappa shape index (κ3) is 2.26. The molecule has 0 aromatic carbocycles. The van der Waals surface area contributed by atoms with Gasteiger partial charge in [-0.1, -0.05) is 24.6 Å². The van der Waals surface area contributed by atoms with E-state index in [2.05, 4.69) is 17.2 Å². The molecule has 3 nitrogen and oxygen atoms in total. The molecule has 4 bridgehead atoms. The zero-order chi connectivity index (χ0) is 14.7. The number of nitrogens with one attached hydrogen (secondary N) is 1. The number of aromatic nitrogens is 1. The summed E-state index contributed by atoms with van der Waals surface area (Å²) >= 11 is 5.91. The van der Waals surface area contributed by atoms with Crippen LogP contribution in [-0.4, -0.2) is 10.9 Å². The van der Waals surface area contributed by atoms with Gasteiger partial charge in [-0.25, -0.2) is 4.98 Å². The van der Waals surface area contributed by atoms with Crippen LogP contribution in [-0.2, 0) is 4.79 Å². The smallest absolute Gasteiger partial charge is 0.231 e. The van der Waals surface area contributed by atoms with E-state index in [1.165, 1.54) is 19.3 Å². The fourth-order valence-corrected chi connectivity index (χ4v) is 5.88. The number of rotatable bonds is 2. The summed E-state index contributed by atoms with van der Waals surface area (Å²) in [7, 11) is 0. The summed E-state index contributed by atoms with van der Waals surface area (Å²) in [6, 6.07) is 5.36. The van der Waals surface area contributed by atoms with E-state index in [-0.39, 0.29) is 11.3 Å². The number of nitrogens with zero attached hydrogens (tertiary/aromatic N) is 1.